The first-order chi connectivity index (χ1) is 11.7. The van der Waals surface area contributed by atoms with Gasteiger partial charge in [0.05, 0.1) is 11.2 Å². The molecule has 3 spiro atoms. The number of nitrogens with zero attached hydrogens (tertiary/aromatic N) is 2. The summed E-state index contributed by atoms with van der Waals surface area (Å²) in [5.41, 5.74) is 3.77. The third kappa shape index (κ3) is 1.19. The molecule has 0 radical (unpaired) electrons. The molecule has 3 aliphatic heterocycles. The first-order valence-electron chi connectivity index (χ1n) is 10.0. The number of benzene rings is 1. The summed E-state index contributed by atoms with van der Waals surface area (Å²) in [5, 5.41) is 10.8. The highest BCUT2D eigenvalue weighted by Gasteiger charge is 2.76. The average Bonchev–Trinajstić information content (AvgIpc) is 3.13. The molecule has 3 aliphatic carbocycles. The smallest absolute Gasteiger partial charge is 0.139 e. The molecule has 1 aromatic carbocycles. The Morgan fingerprint density at radius 1 is 1.08 bits per heavy atom. The predicted octanol–water partition coefficient (Wildman–Crippen LogP) is 3.65. The second kappa shape index (κ2) is 4.12. The minimum atomic E-state index is 0.265. The van der Waals surface area contributed by atoms with Gasteiger partial charge in [0.1, 0.15) is 5.75 Å². The second-order valence-electron chi connectivity index (χ2n) is 9.07. The monoisotopic (exact) mass is 324 g/mol. The summed E-state index contributed by atoms with van der Waals surface area (Å²) in [4.78, 5) is 5.49. The maximum absolute atomic E-state index is 10.8. The average molecular weight is 324 g/mol. The van der Waals surface area contributed by atoms with E-state index in [0.29, 0.717) is 11.2 Å². The van der Waals surface area contributed by atoms with Gasteiger partial charge in [0.15, 0.2) is 0 Å². The Labute approximate surface area is 144 Å². The molecule has 2 saturated heterocycles. The van der Waals surface area contributed by atoms with Crippen LogP contribution in [0.2, 0.25) is 0 Å². The first kappa shape index (κ1) is 14.0. The summed E-state index contributed by atoms with van der Waals surface area (Å²) in [6, 6.07) is 7.08. The van der Waals surface area contributed by atoms with Crippen LogP contribution in [0.15, 0.2) is 18.2 Å². The molecule has 3 heteroatoms. The number of anilines is 1. The van der Waals surface area contributed by atoms with Crippen molar-refractivity contribution < 1.29 is 5.11 Å². The minimum Gasteiger partial charge on any atom is -0.506 e. The van der Waals surface area contributed by atoms with Crippen LogP contribution in [0.4, 0.5) is 5.69 Å². The van der Waals surface area contributed by atoms with Crippen LogP contribution in [-0.4, -0.2) is 41.2 Å². The zero-order chi connectivity index (χ0) is 16.2. The van der Waals surface area contributed by atoms with E-state index in [4.69, 9.17) is 0 Å². The second-order valence-corrected chi connectivity index (χ2v) is 9.07. The van der Waals surface area contributed by atoms with Crippen LogP contribution in [-0.2, 0) is 5.41 Å². The molecule has 2 bridgehead atoms. The number of hydrogen-bond acceptors (Lipinski definition) is 3. The number of phenolic OH excluding ortho intramolecular Hbond substituents is 1. The molecule has 5 fully saturated rings. The summed E-state index contributed by atoms with van der Waals surface area (Å²) in [6.45, 7) is 5.87. The van der Waals surface area contributed by atoms with Gasteiger partial charge in [-0.25, -0.2) is 0 Å². The van der Waals surface area contributed by atoms with Gasteiger partial charge in [-0.1, -0.05) is 12.1 Å². The highest BCUT2D eigenvalue weighted by atomic mass is 16.3. The van der Waals surface area contributed by atoms with Crippen LogP contribution in [0, 0.1) is 5.41 Å². The van der Waals surface area contributed by atoms with Crippen LogP contribution in [0.25, 0.3) is 0 Å². The van der Waals surface area contributed by atoms with Crippen molar-refractivity contribution in [2.45, 2.75) is 68.9 Å². The predicted molar refractivity (Wildman–Crippen MR) is 95.6 cm³/mol. The van der Waals surface area contributed by atoms with Crippen LogP contribution in [0.5, 0.6) is 5.75 Å². The number of aromatic hydroxyl groups is 1. The van der Waals surface area contributed by atoms with Crippen molar-refractivity contribution >= 4 is 5.69 Å². The van der Waals surface area contributed by atoms with Crippen molar-refractivity contribution in [1.29, 1.82) is 0 Å². The highest BCUT2D eigenvalue weighted by Crippen LogP contribution is 2.74. The Morgan fingerprint density at radius 2 is 1.92 bits per heavy atom. The number of phenols is 1. The number of hydrogen-bond donors (Lipinski definition) is 1. The molecule has 0 aromatic heterocycles. The van der Waals surface area contributed by atoms with E-state index < -0.39 is 0 Å². The van der Waals surface area contributed by atoms with E-state index in [1.165, 1.54) is 69.3 Å². The molecule has 3 saturated carbocycles. The Kier molecular flexibility index (Phi) is 2.40. The Morgan fingerprint density at radius 3 is 2.71 bits per heavy atom. The van der Waals surface area contributed by atoms with Crippen molar-refractivity contribution in [3.63, 3.8) is 0 Å². The molecule has 7 rings (SSSR count). The number of rotatable bonds is 1. The third-order valence-corrected chi connectivity index (χ3v) is 8.83. The van der Waals surface area contributed by atoms with Crippen LogP contribution < -0.4 is 4.90 Å². The molecule has 3 heterocycles. The zero-order valence-electron chi connectivity index (χ0n) is 14.7. The van der Waals surface area contributed by atoms with Crippen LogP contribution in [0.1, 0.15) is 57.4 Å². The molecule has 6 aliphatic rings. The molecule has 24 heavy (non-hydrogen) atoms. The van der Waals surface area contributed by atoms with E-state index in [1.54, 1.807) is 0 Å². The quantitative estimate of drug-likeness (QED) is 0.854. The molecule has 0 amide bonds. The normalized spacial score (nSPS) is 45.2. The highest BCUT2D eigenvalue weighted by molar-refractivity contribution is 5.75. The van der Waals surface area contributed by atoms with E-state index >= 15 is 0 Å². The Bertz CT molecular complexity index is 721. The fourth-order valence-corrected chi connectivity index (χ4v) is 8.33. The van der Waals surface area contributed by atoms with Gasteiger partial charge in [-0.05, 0) is 82.0 Å². The lowest BCUT2D eigenvalue weighted by molar-refractivity contribution is -0.106. The Hall–Kier alpha value is -1.22. The van der Waals surface area contributed by atoms with Gasteiger partial charge in [-0.3, -0.25) is 4.90 Å². The van der Waals surface area contributed by atoms with E-state index in [0.717, 1.165) is 12.6 Å². The summed E-state index contributed by atoms with van der Waals surface area (Å²) >= 11 is 0. The Balaban J connectivity index is 1.69. The molecule has 128 valence electrons. The summed E-state index contributed by atoms with van der Waals surface area (Å²) in [7, 11) is 0. The maximum Gasteiger partial charge on any atom is 0.139 e. The number of para-hydroxylation sites is 1. The molecule has 2 atom stereocenters. The SMILES string of the molecule is CCN1c2c(O)cccc2[C@@]23CCN4CCCC5(CCC12CC5)[C@H]43. The standard InChI is InChI=1S/C21H28N2O/c1-2-23-17-15(5-3-6-16(17)24)21-12-14-22-13-4-7-19(18(21)22)8-10-20(21,23)11-9-19/h3,5-6,18,24H,2,4,7-14H2,1H3/t18-,19?,20?,21+/m0/s1. The topological polar surface area (TPSA) is 26.7 Å². The van der Waals surface area contributed by atoms with E-state index in [-0.39, 0.29) is 11.0 Å². The van der Waals surface area contributed by atoms with Crippen molar-refractivity contribution in [1.82, 2.24) is 4.90 Å². The number of piperidine rings is 1. The third-order valence-electron chi connectivity index (χ3n) is 8.83. The van der Waals surface area contributed by atoms with Gasteiger partial charge in [-0.2, -0.15) is 0 Å². The van der Waals surface area contributed by atoms with Crippen LogP contribution >= 0.6 is 0 Å². The summed E-state index contributed by atoms with van der Waals surface area (Å²) < 4.78 is 0. The molecular weight excluding hydrogens is 296 g/mol. The fraction of sp³-hybridized carbons (Fsp3) is 0.714. The lowest BCUT2D eigenvalue weighted by atomic mass is 9.41. The lowest BCUT2D eigenvalue weighted by Gasteiger charge is -2.68. The number of fused-ring (bicyclic) bond motifs is 3. The maximum atomic E-state index is 10.8. The van der Waals surface area contributed by atoms with Gasteiger partial charge in [-0.15, -0.1) is 0 Å². The minimum absolute atomic E-state index is 0.265. The van der Waals surface area contributed by atoms with E-state index in [1.807, 2.05) is 6.07 Å². The zero-order valence-corrected chi connectivity index (χ0v) is 14.7. The molecule has 3 nitrogen and oxygen atoms in total. The van der Waals surface area contributed by atoms with Gasteiger partial charge in [0.25, 0.3) is 0 Å². The van der Waals surface area contributed by atoms with Gasteiger partial charge in [0.2, 0.25) is 0 Å². The van der Waals surface area contributed by atoms with Gasteiger partial charge >= 0.3 is 0 Å². The van der Waals surface area contributed by atoms with Gasteiger partial charge in [0, 0.05) is 18.0 Å². The molecular formula is C21H28N2O. The number of likely N-dealkylation sites (N-methyl/N-ethyl adjacent to an activating group) is 1. The largest absolute Gasteiger partial charge is 0.506 e. The van der Waals surface area contributed by atoms with E-state index in [9.17, 15) is 5.11 Å². The van der Waals surface area contributed by atoms with E-state index in [2.05, 4.69) is 28.9 Å². The van der Waals surface area contributed by atoms with Crippen molar-refractivity contribution in [3.8, 4) is 5.75 Å². The van der Waals surface area contributed by atoms with Crippen molar-refractivity contribution in [2.75, 3.05) is 24.5 Å². The first-order valence-corrected chi connectivity index (χ1v) is 10.0. The summed E-state index contributed by atoms with van der Waals surface area (Å²) in [6.07, 6.45) is 9.60. The summed E-state index contributed by atoms with van der Waals surface area (Å²) in [5.74, 6) is 0.513. The molecule has 1 aromatic rings. The van der Waals surface area contributed by atoms with Crippen LogP contribution in [0.3, 0.4) is 0 Å². The lowest BCUT2D eigenvalue weighted by Crippen LogP contribution is -2.74. The van der Waals surface area contributed by atoms with Crippen molar-refractivity contribution in [2.24, 2.45) is 5.41 Å². The fourth-order valence-electron chi connectivity index (χ4n) is 8.33. The molecule has 1 N–H and O–H groups in total. The molecule has 0 unspecified atom stereocenters. The van der Waals surface area contributed by atoms with Gasteiger partial charge < -0.3 is 10.0 Å². The van der Waals surface area contributed by atoms with Crippen molar-refractivity contribution in [3.05, 3.63) is 23.8 Å².